The number of aromatic carboxylic acids is 1. The molecule has 1 amide bonds. The van der Waals surface area contributed by atoms with Gasteiger partial charge in [0.05, 0.1) is 17.9 Å². The van der Waals surface area contributed by atoms with Crippen molar-refractivity contribution in [1.82, 2.24) is 0 Å². The lowest BCUT2D eigenvalue weighted by atomic mass is 10.2. The second-order valence-corrected chi connectivity index (χ2v) is 3.26. The van der Waals surface area contributed by atoms with E-state index in [0.717, 1.165) is 0 Å². The first kappa shape index (κ1) is 10.9. The number of nitrogens with one attached hydrogen (secondary N) is 1. The minimum atomic E-state index is -1.35. The van der Waals surface area contributed by atoms with Gasteiger partial charge in [-0.05, 0) is 18.2 Å². The molecule has 1 aromatic carbocycles. The zero-order valence-electron chi connectivity index (χ0n) is 8.67. The average molecular weight is 230 g/mol. The maximum Gasteiger partial charge on any atom is 0.291 e. The van der Waals surface area contributed by atoms with Crippen LogP contribution in [0.3, 0.4) is 0 Å². The van der Waals surface area contributed by atoms with Crippen molar-refractivity contribution in [2.75, 3.05) is 5.32 Å². The van der Waals surface area contributed by atoms with Crippen LogP contribution in [0.15, 0.2) is 47.1 Å². The van der Waals surface area contributed by atoms with E-state index in [1.165, 1.54) is 24.5 Å². The minimum absolute atomic E-state index is 0.0765. The summed E-state index contributed by atoms with van der Waals surface area (Å²) in [5, 5.41) is 13.2. The van der Waals surface area contributed by atoms with E-state index in [4.69, 9.17) is 4.42 Å². The molecule has 1 heterocycles. The summed E-state index contributed by atoms with van der Waals surface area (Å²) in [5.74, 6) is -1.75. The van der Waals surface area contributed by atoms with Gasteiger partial charge in [-0.2, -0.15) is 0 Å². The van der Waals surface area contributed by atoms with Crippen molar-refractivity contribution in [2.24, 2.45) is 0 Å². The van der Waals surface area contributed by atoms with Crippen molar-refractivity contribution >= 4 is 17.6 Å². The van der Waals surface area contributed by atoms with E-state index in [1.807, 2.05) is 0 Å². The second-order valence-electron chi connectivity index (χ2n) is 3.26. The third-order valence-corrected chi connectivity index (χ3v) is 2.14. The summed E-state index contributed by atoms with van der Waals surface area (Å²) in [7, 11) is 0. The average Bonchev–Trinajstić information content (AvgIpc) is 2.83. The van der Waals surface area contributed by atoms with Crippen molar-refractivity contribution in [3.05, 3.63) is 54.0 Å². The molecule has 0 saturated carbocycles. The lowest BCUT2D eigenvalue weighted by Gasteiger charge is -2.10. The lowest BCUT2D eigenvalue weighted by molar-refractivity contribution is -0.254. The molecule has 86 valence electrons. The SMILES string of the molecule is O=C(Nc1ccccc1C(=O)[O-])c1ccco1. The second kappa shape index (κ2) is 4.52. The summed E-state index contributed by atoms with van der Waals surface area (Å²) in [6.07, 6.45) is 1.36. The Morgan fingerprint density at radius 1 is 1.12 bits per heavy atom. The number of benzene rings is 1. The van der Waals surface area contributed by atoms with Crippen LogP contribution in [0.5, 0.6) is 0 Å². The fraction of sp³-hybridized carbons (Fsp3) is 0. The number of amides is 1. The molecule has 2 rings (SSSR count). The van der Waals surface area contributed by atoms with Gasteiger partial charge in [0, 0.05) is 5.56 Å². The quantitative estimate of drug-likeness (QED) is 0.849. The molecule has 2 aromatic rings. The number of carbonyl (C=O) groups is 2. The molecular weight excluding hydrogens is 222 g/mol. The van der Waals surface area contributed by atoms with Gasteiger partial charge in [-0.1, -0.05) is 18.2 Å². The Morgan fingerprint density at radius 3 is 2.53 bits per heavy atom. The van der Waals surface area contributed by atoms with Crippen molar-refractivity contribution in [1.29, 1.82) is 0 Å². The highest BCUT2D eigenvalue weighted by atomic mass is 16.4. The first-order chi connectivity index (χ1) is 8.18. The Kier molecular flexibility index (Phi) is 2.91. The zero-order chi connectivity index (χ0) is 12.3. The van der Waals surface area contributed by atoms with E-state index in [0.29, 0.717) is 0 Å². The normalized spacial score (nSPS) is 9.88. The molecule has 0 radical (unpaired) electrons. The molecule has 1 N–H and O–H groups in total. The predicted octanol–water partition coefficient (Wildman–Crippen LogP) is 0.895. The van der Waals surface area contributed by atoms with Crippen molar-refractivity contribution in [3.63, 3.8) is 0 Å². The highest BCUT2D eigenvalue weighted by Gasteiger charge is 2.11. The number of hydrogen-bond donors (Lipinski definition) is 1. The molecular formula is C12H8NO4-. The van der Waals surface area contributed by atoms with Gasteiger partial charge in [0.25, 0.3) is 5.91 Å². The summed E-state index contributed by atoms with van der Waals surface area (Å²) in [6.45, 7) is 0. The summed E-state index contributed by atoms with van der Waals surface area (Å²) >= 11 is 0. The molecule has 0 aliphatic carbocycles. The van der Waals surface area contributed by atoms with Crippen molar-refractivity contribution in [2.45, 2.75) is 0 Å². The Balaban J connectivity index is 2.25. The van der Waals surface area contributed by atoms with Crippen molar-refractivity contribution in [3.8, 4) is 0 Å². The number of furan rings is 1. The highest BCUT2D eigenvalue weighted by molar-refractivity contribution is 6.05. The lowest BCUT2D eigenvalue weighted by Crippen LogP contribution is -2.24. The third kappa shape index (κ3) is 2.34. The van der Waals surface area contributed by atoms with E-state index in [1.54, 1.807) is 18.2 Å². The summed E-state index contributed by atoms with van der Waals surface area (Å²) < 4.78 is 4.89. The largest absolute Gasteiger partial charge is 0.545 e. The van der Waals surface area contributed by atoms with Crippen LogP contribution in [-0.2, 0) is 0 Å². The van der Waals surface area contributed by atoms with Crippen LogP contribution >= 0.6 is 0 Å². The van der Waals surface area contributed by atoms with Gasteiger partial charge in [-0.15, -0.1) is 0 Å². The van der Waals surface area contributed by atoms with Crippen LogP contribution in [0.4, 0.5) is 5.69 Å². The number of anilines is 1. The molecule has 5 nitrogen and oxygen atoms in total. The molecule has 5 heteroatoms. The van der Waals surface area contributed by atoms with Crippen LogP contribution < -0.4 is 10.4 Å². The molecule has 1 aromatic heterocycles. The molecule has 0 atom stereocenters. The van der Waals surface area contributed by atoms with Gasteiger partial charge in [0.15, 0.2) is 5.76 Å². The molecule has 0 spiro atoms. The summed E-state index contributed by atoms with van der Waals surface area (Å²) in [5.41, 5.74) is 0.0984. The van der Waals surface area contributed by atoms with Crippen LogP contribution in [-0.4, -0.2) is 11.9 Å². The van der Waals surface area contributed by atoms with Gasteiger partial charge in [-0.25, -0.2) is 0 Å². The fourth-order valence-electron chi connectivity index (χ4n) is 1.36. The highest BCUT2D eigenvalue weighted by Crippen LogP contribution is 2.15. The van der Waals surface area contributed by atoms with E-state index < -0.39 is 11.9 Å². The Morgan fingerprint density at radius 2 is 1.88 bits per heavy atom. The summed E-state index contributed by atoms with van der Waals surface area (Å²) in [4.78, 5) is 22.4. The topological polar surface area (TPSA) is 82.4 Å². The monoisotopic (exact) mass is 230 g/mol. The van der Waals surface area contributed by atoms with Crippen LogP contribution in [0, 0.1) is 0 Å². The minimum Gasteiger partial charge on any atom is -0.545 e. The summed E-state index contributed by atoms with van der Waals surface area (Å²) in [6, 6.07) is 9.05. The maximum absolute atomic E-state index is 11.6. The number of carboxylic acids is 1. The maximum atomic E-state index is 11.6. The Hall–Kier alpha value is -2.56. The predicted molar refractivity (Wildman–Crippen MR) is 57.4 cm³/mol. The molecule has 0 saturated heterocycles. The van der Waals surface area contributed by atoms with Crippen LogP contribution in [0.2, 0.25) is 0 Å². The van der Waals surface area contributed by atoms with Crippen molar-refractivity contribution < 1.29 is 19.1 Å². The van der Waals surface area contributed by atoms with Gasteiger partial charge in [0.2, 0.25) is 0 Å². The molecule has 0 aliphatic heterocycles. The number of para-hydroxylation sites is 1. The van der Waals surface area contributed by atoms with E-state index in [2.05, 4.69) is 5.32 Å². The van der Waals surface area contributed by atoms with E-state index in [9.17, 15) is 14.7 Å². The molecule has 0 aliphatic rings. The van der Waals surface area contributed by atoms with Gasteiger partial charge >= 0.3 is 0 Å². The Bertz CT molecular complexity index is 545. The Labute approximate surface area is 96.7 Å². The van der Waals surface area contributed by atoms with Gasteiger partial charge < -0.3 is 19.6 Å². The number of rotatable bonds is 3. The standard InChI is InChI=1S/C12H9NO4/c14-11(10-6-3-7-17-10)13-9-5-2-1-4-8(9)12(15)16/h1-7H,(H,13,14)(H,15,16)/p-1. The smallest absolute Gasteiger partial charge is 0.291 e. The van der Waals surface area contributed by atoms with E-state index >= 15 is 0 Å². The van der Waals surface area contributed by atoms with Crippen LogP contribution in [0.1, 0.15) is 20.9 Å². The van der Waals surface area contributed by atoms with E-state index in [-0.39, 0.29) is 17.0 Å². The molecule has 0 unspecified atom stereocenters. The molecule has 0 fully saturated rings. The fourth-order valence-corrected chi connectivity index (χ4v) is 1.36. The molecule has 17 heavy (non-hydrogen) atoms. The third-order valence-electron chi connectivity index (χ3n) is 2.14. The molecule has 0 bridgehead atoms. The number of carboxylic acid groups (broad SMARTS) is 1. The number of carbonyl (C=O) groups excluding carboxylic acids is 2. The van der Waals surface area contributed by atoms with Crippen LogP contribution in [0.25, 0.3) is 0 Å². The zero-order valence-corrected chi connectivity index (χ0v) is 8.67. The first-order valence-corrected chi connectivity index (χ1v) is 4.83. The van der Waals surface area contributed by atoms with Gasteiger partial charge in [-0.3, -0.25) is 4.79 Å². The number of hydrogen-bond acceptors (Lipinski definition) is 4. The first-order valence-electron chi connectivity index (χ1n) is 4.83. The van der Waals surface area contributed by atoms with Gasteiger partial charge in [0.1, 0.15) is 0 Å².